The van der Waals surface area contributed by atoms with E-state index in [1.54, 1.807) is 0 Å². The van der Waals surface area contributed by atoms with Crippen LogP contribution < -0.4 is 0 Å². The molecule has 0 spiro atoms. The first-order valence-corrected chi connectivity index (χ1v) is 4.13. The molecule has 0 saturated heterocycles. The summed E-state index contributed by atoms with van der Waals surface area (Å²) in [6.45, 7) is 4.49. The van der Waals surface area contributed by atoms with Crippen LogP contribution in [0.5, 0.6) is 0 Å². The van der Waals surface area contributed by atoms with Gasteiger partial charge in [-0.15, -0.1) is 0 Å². The summed E-state index contributed by atoms with van der Waals surface area (Å²) >= 11 is 0. The Kier molecular flexibility index (Phi) is 2.68. The van der Waals surface area contributed by atoms with Crippen molar-refractivity contribution in [3.63, 3.8) is 0 Å². The van der Waals surface area contributed by atoms with Gasteiger partial charge in [-0.1, -0.05) is 11.6 Å². The second-order valence-electron chi connectivity index (χ2n) is 3.65. The third-order valence-corrected chi connectivity index (χ3v) is 2.36. The van der Waals surface area contributed by atoms with Crippen LogP contribution in [0.15, 0.2) is 11.6 Å². The van der Waals surface area contributed by atoms with Gasteiger partial charge in [0.2, 0.25) is 0 Å². The first-order valence-electron chi connectivity index (χ1n) is 4.13. The SMILES string of the molecule is CC1=CCN(C)CC1N(C)C. The van der Waals surface area contributed by atoms with Crippen molar-refractivity contribution in [2.24, 2.45) is 0 Å². The number of likely N-dealkylation sites (N-methyl/N-ethyl adjacent to an activating group) is 2. The zero-order valence-corrected chi connectivity index (χ0v) is 7.96. The quantitative estimate of drug-likeness (QED) is 0.516. The van der Waals surface area contributed by atoms with E-state index in [1.165, 1.54) is 5.57 Å². The monoisotopic (exact) mass is 154 g/mol. The third kappa shape index (κ3) is 2.04. The molecule has 0 aliphatic carbocycles. The Morgan fingerprint density at radius 3 is 2.64 bits per heavy atom. The molecule has 0 N–H and O–H groups in total. The Hall–Kier alpha value is -0.340. The summed E-state index contributed by atoms with van der Waals surface area (Å²) in [5, 5.41) is 0. The molecule has 64 valence electrons. The molecule has 0 saturated carbocycles. The van der Waals surface area contributed by atoms with Crippen molar-refractivity contribution in [2.45, 2.75) is 13.0 Å². The normalized spacial score (nSPS) is 27.4. The van der Waals surface area contributed by atoms with Gasteiger partial charge >= 0.3 is 0 Å². The highest BCUT2D eigenvalue weighted by atomic mass is 15.2. The highest BCUT2D eigenvalue weighted by molar-refractivity contribution is 5.12. The zero-order chi connectivity index (χ0) is 8.43. The van der Waals surface area contributed by atoms with Crippen molar-refractivity contribution in [1.82, 2.24) is 9.80 Å². The maximum absolute atomic E-state index is 2.34. The molecule has 1 aliphatic heterocycles. The molecule has 0 fully saturated rings. The summed E-state index contributed by atoms with van der Waals surface area (Å²) < 4.78 is 0. The molecular formula is C9H18N2. The van der Waals surface area contributed by atoms with E-state index in [9.17, 15) is 0 Å². The maximum Gasteiger partial charge on any atom is 0.0426 e. The highest BCUT2D eigenvalue weighted by Crippen LogP contribution is 2.12. The highest BCUT2D eigenvalue weighted by Gasteiger charge is 2.18. The minimum atomic E-state index is 0.619. The van der Waals surface area contributed by atoms with Gasteiger partial charge in [0.15, 0.2) is 0 Å². The van der Waals surface area contributed by atoms with Crippen LogP contribution in [0, 0.1) is 0 Å². The minimum Gasteiger partial charge on any atom is -0.301 e. The molecule has 1 atom stereocenters. The fraction of sp³-hybridized carbons (Fsp3) is 0.778. The molecule has 1 aliphatic rings. The van der Waals surface area contributed by atoms with Gasteiger partial charge in [-0.3, -0.25) is 0 Å². The minimum absolute atomic E-state index is 0.619. The van der Waals surface area contributed by atoms with E-state index in [0.29, 0.717) is 6.04 Å². The lowest BCUT2D eigenvalue weighted by Gasteiger charge is -2.33. The van der Waals surface area contributed by atoms with Crippen LogP contribution in [0.25, 0.3) is 0 Å². The van der Waals surface area contributed by atoms with E-state index >= 15 is 0 Å². The van der Waals surface area contributed by atoms with Crippen molar-refractivity contribution in [2.75, 3.05) is 34.2 Å². The lowest BCUT2D eigenvalue weighted by Crippen LogP contribution is -2.42. The summed E-state index contributed by atoms with van der Waals surface area (Å²) in [5.41, 5.74) is 1.51. The average Bonchev–Trinajstić information content (AvgIpc) is 1.94. The summed E-state index contributed by atoms with van der Waals surface area (Å²) in [6.07, 6.45) is 2.31. The molecule has 11 heavy (non-hydrogen) atoms. The molecule has 0 aromatic rings. The standard InChI is InChI=1S/C9H18N2/c1-8-5-6-11(4)7-9(8)10(2)3/h5,9H,6-7H2,1-4H3. The van der Waals surface area contributed by atoms with Crippen LogP contribution in [0.3, 0.4) is 0 Å². The summed E-state index contributed by atoms with van der Waals surface area (Å²) in [6, 6.07) is 0.619. The predicted molar refractivity (Wildman–Crippen MR) is 48.7 cm³/mol. The fourth-order valence-electron chi connectivity index (χ4n) is 1.52. The van der Waals surface area contributed by atoms with Gasteiger partial charge in [0.05, 0.1) is 0 Å². The Balaban J connectivity index is 2.64. The topological polar surface area (TPSA) is 6.48 Å². The molecule has 0 amide bonds. The van der Waals surface area contributed by atoms with Gasteiger partial charge in [0, 0.05) is 19.1 Å². The van der Waals surface area contributed by atoms with Gasteiger partial charge in [-0.2, -0.15) is 0 Å². The van der Waals surface area contributed by atoms with Crippen LogP contribution in [-0.2, 0) is 0 Å². The molecule has 1 rings (SSSR count). The van der Waals surface area contributed by atoms with Gasteiger partial charge in [-0.25, -0.2) is 0 Å². The van der Waals surface area contributed by atoms with Crippen molar-refractivity contribution in [1.29, 1.82) is 0 Å². The second kappa shape index (κ2) is 3.37. The smallest absolute Gasteiger partial charge is 0.0426 e. The van der Waals surface area contributed by atoms with Gasteiger partial charge < -0.3 is 9.80 Å². The van der Waals surface area contributed by atoms with Crippen molar-refractivity contribution >= 4 is 0 Å². The fourth-order valence-corrected chi connectivity index (χ4v) is 1.52. The van der Waals surface area contributed by atoms with Gasteiger partial charge in [0.1, 0.15) is 0 Å². The van der Waals surface area contributed by atoms with Crippen LogP contribution in [0.4, 0.5) is 0 Å². The Morgan fingerprint density at radius 2 is 2.18 bits per heavy atom. The van der Waals surface area contributed by atoms with Gasteiger partial charge in [0.25, 0.3) is 0 Å². The van der Waals surface area contributed by atoms with E-state index < -0.39 is 0 Å². The Morgan fingerprint density at radius 1 is 1.55 bits per heavy atom. The Bertz CT molecular complexity index is 161. The molecule has 1 heterocycles. The third-order valence-electron chi connectivity index (χ3n) is 2.36. The lowest BCUT2D eigenvalue weighted by molar-refractivity contribution is 0.229. The summed E-state index contributed by atoms with van der Waals surface area (Å²) in [7, 11) is 6.45. The Labute approximate surface area is 69.5 Å². The molecule has 0 radical (unpaired) electrons. The van der Waals surface area contributed by atoms with Crippen LogP contribution in [-0.4, -0.2) is 50.1 Å². The van der Waals surface area contributed by atoms with Crippen molar-refractivity contribution < 1.29 is 0 Å². The lowest BCUT2D eigenvalue weighted by atomic mass is 10.0. The molecule has 0 aromatic carbocycles. The molecule has 0 bridgehead atoms. The molecule has 2 nitrogen and oxygen atoms in total. The predicted octanol–water partition coefficient (Wildman–Crippen LogP) is 0.808. The molecule has 1 unspecified atom stereocenters. The van der Waals surface area contributed by atoms with Crippen LogP contribution in [0.1, 0.15) is 6.92 Å². The second-order valence-corrected chi connectivity index (χ2v) is 3.65. The van der Waals surface area contributed by atoms with E-state index in [-0.39, 0.29) is 0 Å². The van der Waals surface area contributed by atoms with E-state index in [4.69, 9.17) is 0 Å². The van der Waals surface area contributed by atoms with E-state index in [2.05, 4.69) is 43.9 Å². The van der Waals surface area contributed by atoms with Gasteiger partial charge in [-0.05, 0) is 28.1 Å². The van der Waals surface area contributed by atoms with Crippen molar-refractivity contribution in [3.8, 4) is 0 Å². The van der Waals surface area contributed by atoms with Crippen molar-refractivity contribution in [3.05, 3.63) is 11.6 Å². The van der Waals surface area contributed by atoms with E-state index in [1.807, 2.05) is 0 Å². The van der Waals surface area contributed by atoms with Crippen LogP contribution >= 0.6 is 0 Å². The van der Waals surface area contributed by atoms with Crippen LogP contribution in [0.2, 0.25) is 0 Å². The number of nitrogens with zero attached hydrogens (tertiary/aromatic N) is 2. The first kappa shape index (κ1) is 8.75. The largest absolute Gasteiger partial charge is 0.301 e. The number of hydrogen-bond acceptors (Lipinski definition) is 2. The first-order chi connectivity index (χ1) is 5.11. The summed E-state index contributed by atoms with van der Waals surface area (Å²) in [5.74, 6) is 0. The maximum atomic E-state index is 2.34. The molecule has 2 heteroatoms. The average molecular weight is 154 g/mol. The zero-order valence-electron chi connectivity index (χ0n) is 7.96. The van der Waals surface area contributed by atoms with E-state index in [0.717, 1.165) is 13.1 Å². The molecular weight excluding hydrogens is 136 g/mol. The number of hydrogen-bond donors (Lipinski definition) is 0. The molecule has 0 aromatic heterocycles. The number of rotatable bonds is 1. The summed E-state index contributed by atoms with van der Waals surface area (Å²) in [4.78, 5) is 4.62.